The largest absolute Gasteiger partial charge is 0.497 e. The maximum absolute atomic E-state index is 12.9. The number of rotatable bonds is 6. The van der Waals surface area contributed by atoms with Crippen molar-refractivity contribution >= 4 is 5.97 Å². The summed E-state index contributed by atoms with van der Waals surface area (Å²) in [6.45, 7) is 1.08. The van der Waals surface area contributed by atoms with Gasteiger partial charge in [-0.15, -0.1) is 0 Å². The maximum Gasteiger partial charge on any atom is 0.342 e. The molecule has 11 heteroatoms. The number of benzene rings is 1. The zero-order valence-electron chi connectivity index (χ0n) is 16.5. The molecule has 0 radical (unpaired) electrons. The minimum Gasteiger partial charge on any atom is -0.497 e. The Hall–Kier alpha value is -3.15. The number of aliphatic hydroxyl groups excluding tert-OH is 2. The Morgan fingerprint density at radius 1 is 1.27 bits per heavy atom. The van der Waals surface area contributed by atoms with Crippen molar-refractivity contribution in [2.24, 2.45) is 0 Å². The second kappa shape index (κ2) is 8.69. The highest BCUT2D eigenvalue weighted by Crippen LogP contribution is 2.34. The molecule has 0 aliphatic carbocycles. The predicted molar refractivity (Wildman–Crippen MR) is 102 cm³/mol. The monoisotopic (exact) mass is 422 g/mol. The molecular weight excluding hydrogens is 400 g/mol. The van der Waals surface area contributed by atoms with Crippen LogP contribution in [0.15, 0.2) is 34.0 Å². The van der Waals surface area contributed by atoms with E-state index in [0.717, 1.165) is 16.8 Å². The van der Waals surface area contributed by atoms with Crippen LogP contribution in [0.1, 0.15) is 22.1 Å². The van der Waals surface area contributed by atoms with Crippen LogP contribution < -0.4 is 20.7 Å². The van der Waals surface area contributed by atoms with Gasteiger partial charge in [-0.2, -0.15) is 0 Å². The number of aromatic amines is 1. The second-order valence-corrected chi connectivity index (χ2v) is 6.65. The molecule has 0 bridgehead atoms. The van der Waals surface area contributed by atoms with Crippen molar-refractivity contribution in [3.05, 3.63) is 56.4 Å². The second-order valence-electron chi connectivity index (χ2n) is 6.65. The molecular formula is C19H22N2O9. The maximum atomic E-state index is 12.9. The molecule has 2 heterocycles. The van der Waals surface area contributed by atoms with Gasteiger partial charge < -0.3 is 29.2 Å². The highest BCUT2D eigenvalue weighted by Gasteiger charge is 2.47. The first-order chi connectivity index (χ1) is 14.3. The first-order valence-electron chi connectivity index (χ1n) is 9.00. The Labute approximate surface area is 170 Å². The summed E-state index contributed by atoms with van der Waals surface area (Å²) in [5.74, 6) is -0.161. The highest BCUT2D eigenvalue weighted by molar-refractivity contribution is 5.94. The van der Waals surface area contributed by atoms with Crippen molar-refractivity contribution in [1.29, 1.82) is 0 Å². The molecule has 3 N–H and O–H groups in total. The third-order valence-corrected chi connectivity index (χ3v) is 4.79. The molecule has 0 unspecified atom stereocenters. The number of carbonyl (C=O) groups is 1. The standard InChI is InChI=1S/C19H22N2O9/c1-9-6-10(27-2)7-11(28-3)14(9)18(25)30-16-15(24)12(8-22)29-17(16)21-5-4-13(23)20-19(21)26/h4-7,12,15-17,22,24H,8H2,1-3H3,(H,20,23,26)/t12-,15-,16-,17-/m0/s1. The van der Waals surface area contributed by atoms with Crippen molar-refractivity contribution in [3.63, 3.8) is 0 Å². The summed E-state index contributed by atoms with van der Waals surface area (Å²) >= 11 is 0. The van der Waals surface area contributed by atoms with Crippen molar-refractivity contribution in [1.82, 2.24) is 9.55 Å². The Kier molecular flexibility index (Phi) is 6.25. The zero-order valence-corrected chi connectivity index (χ0v) is 16.5. The first-order valence-corrected chi connectivity index (χ1v) is 9.00. The number of ether oxygens (including phenoxy) is 4. The van der Waals surface area contributed by atoms with Gasteiger partial charge in [0.15, 0.2) is 12.3 Å². The van der Waals surface area contributed by atoms with Crippen molar-refractivity contribution in [2.75, 3.05) is 20.8 Å². The molecule has 1 aromatic heterocycles. The van der Waals surface area contributed by atoms with Crippen LogP contribution in [0.3, 0.4) is 0 Å². The quantitative estimate of drug-likeness (QED) is 0.516. The van der Waals surface area contributed by atoms with E-state index in [4.69, 9.17) is 18.9 Å². The smallest absolute Gasteiger partial charge is 0.342 e. The molecule has 1 aromatic carbocycles. The Morgan fingerprint density at radius 2 is 2.00 bits per heavy atom. The predicted octanol–water partition coefficient (Wildman–Crippen LogP) is -0.662. The van der Waals surface area contributed by atoms with Gasteiger partial charge in [-0.25, -0.2) is 9.59 Å². The fourth-order valence-corrected chi connectivity index (χ4v) is 3.29. The molecule has 11 nitrogen and oxygen atoms in total. The summed E-state index contributed by atoms with van der Waals surface area (Å²) in [6, 6.07) is 4.20. The summed E-state index contributed by atoms with van der Waals surface area (Å²) in [6.07, 6.45) is -3.99. The number of aliphatic hydroxyl groups is 2. The van der Waals surface area contributed by atoms with E-state index in [1.165, 1.54) is 20.3 Å². The number of methoxy groups -OCH3 is 2. The number of aryl methyl sites for hydroxylation is 1. The number of esters is 1. The van der Waals surface area contributed by atoms with Crippen LogP contribution >= 0.6 is 0 Å². The van der Waals surface area contributed by atoms with Gasteiger partial charge in [-0.3, -0.25) is 14.3 Å². The molecule has 0 amide bonds. The molecule has 0 spiro atoms. The minimum atomic E-state index is -1.42. The number of carbonyl (C=O) groups excluding carboxylic acids is 1. The summed E-state index contributed by atoms with van der Waals surface area (Å²) < 4.78 is 22.4. The third-order valence-electron chi connectivity index (χ3n) is 4.79. The van der Waals surface area contributed by atoms with Crippen molar-refractivity contribution in [2.45, 2.75) is 31.5 Å². The fraction of sp³-hybridized carbons (Fsp3) is 0.421. The lowest BCUT2D eigenvalue weighted by atomic mass is 10.1. The normalized spacial score (nSPS) is 23.2. The van der Waals surface area contributed by atoms with Crippen LogP contribution in [0.2, 0.25) is 0 Å². The van der Waals surface area contributed by atoms with E-state index >= 15 is 0 Å². The molecule has 3 rings (SSSR count). The minimum absolute atomic E-state index is 0.102. The molecule has 4 atom stereocenters. The van der Waals surface area contributed by atoms with Crippen LogP contribution in [0.4, 0.5) is 0 Å². The van der Waals surface area contributed by atoms with Crippen molar-refractivity contribution in [3.8, 4) is 11.5 Å². The Bertz CT molecular complexity index is 1050. The molecule has 162 valence electrons. The molecule has 0 saturated carbocycles. The van der Waals surface area contributed by atoms with E-state index in [2.05, 4.69) is 4.98 Å². The lowest BCUT2D eigenvalue weighted by molar-refractivity contribution is -0.0604. The van der Waals surface area contributed by atoms with Crippen LogP contribution in [-0.2, 0) is 9.47 Å². The molecule has 30 heavy (non-hydrogen) atoms. The van der Waals surface area contributed by atoms with Crippen LogP contribution in [0.5, 0.6) is 11.5 Å². The van der Waals surface area contributed by atoms with Crippen molar-refractivity contribution < 1.29 is 34.0 Å². The number of nitrogens with one attached hydrogen (secondary N) is 1. The van der Waals surface area contributed by atoms with E-state index in [-0.39, 0.29) is 11.3 Å². The molecule has 1 aliphatic rings. The summed E-state index contributed by atoms with van der Waals surface area (Å²) in [5, 5.41) is 20.0. The summed E-state index contributed by atoms with van der Waals surface area (Å²) in [5.41, 5.74) is -0.843. The number of H-pyrrole nitrogens is 1. The van der Waals surface area contributed by atoms with Gasteiger partial charge in [0.2, 0.25) is 0 Å². The van der Waals surface area contributed by atoms with E-state index in [9.17, 15) is 24.6 Å². The van der Waals surface area contributed by atoms with E-state index in [0.29, 0.717) is 11.3 Å². The summed E-state index contributed by atoms with van der Waals surface area (Å²) in [4.78, 5) is 38.5. The van der Waals surface area contributed by atoms with Crippen LogP contribution in [0, 0.1) is 6.92 Å². The lowest BCUT2D eigenvalue weighted by Gasteiger charge is -2.23. The summed E-state index contributed by atoms with van der Waals surface area (Å²) in [7, 11) is 2.85. The Balaban J connectivity index is 1.97. The van der Waals surface area contributed by atoms with Crippen LogP contribution in [-0.4, -0.2) is 64.9 Å². The average molecular weight is 422 g/mol. The van der Waals surface area contributed by atoms with Gasteiger partial charge >= 0.3 is 11.7 Å². The van der Waals surface area contributed by atoms with Gasteiger partial charge in [0.05, 0.1) is 20.8 Å². The molecule has 1 aliphatic heterocycles. The Morgan fingerprint density at radius 3 is 2.60 bits per heavy atom. The lowest BCUT2D eigenvalue weighted by Crippen LogP contribution is -2.40. The van der Waals surface area contributed by atoms with Gasteiger partial charge in [-0.1, -0.05) is 0 Å². The number of aromatic nitrogens is 2. The zero-order chi connectivity index (χ0) is 22.0. The topological polar surface area (TPSA) is 149 Å². The average Bonchev–Trinajstić information content (AvgIpc) is 3.02. The van der Waals surface area contributed by atoms with E-state index < -0.39 is 48.4 Å². The molecule has 1 fully saturated rings. The third kappa shape index (κ3) is 3.95. The van der Waals surface area contributed by atoms with Crippen LogP contribution in [0.25, 0.3) is 0 Å². The van der Waals surface area contributed by atoms with E-state index in [1.54, 1.807) is 13.0 Å². The van der Waals surface area contributed by atoms with Gasteiger partial charge in [0.25, 0.3) is 5.56 Å². The molecule has 1 saturated heterocycles. The van der Waals surface area contributed by atoms with Gasteiger partial charge in [0, 0.05) is 18.3 Å². The van der Waals surface area contributed by atoms with Gasteiger partial charge in [0.1, 0.15) is 29.3 Å². The van der Waals surface area contributed by atoms with Gasteiger partial charge in [-0.05, 0) is 18.6 Å². The number of hydrogen-bond acceptors (Lipinski definition) is 9. The van der Waals surface area contributed by atoms with E-state index in [1.807, 2.05) is 0 Å². The fourth-order valence-electron chi connectivity index (χ4n) is 3.29. The number of nitrogens with zero attached hydrogens (tertiary/aromatic N) is 1. The first kappa shape index (κ1) is 21.6. The molecule has 2 aromatic rings. The SMILES string of the molecule is COc1cc(C)c(C(=O)O[C@H]2[C@@H](O)[C@H](CO)O[C@@H]2n2ccc(=O)[nH]c2=O)c(OC)c1. The number of hydrogen-bond donors (Lipinski definition) is 3. The highest BCUT2D eigenvalue weighted by atomic mass is 16.6.